The van der Waals surface area contributed by atoms with E-state index >= 15 is 0 Å². The molecule has 0 unspecified atom stereocenters. The Morgan fingerprint density at radius 3 is 2.86 bits per heavy atom. The van der Waals surface area contributed by atoms with E-state index in [4.69, 9.17) is 5.26 Å². The van der Waals surface area contributed by atoms with Gasteiger partial charge in [0.05, 0.1) is 11.9 Å². The Morgan fingerprint density at radius 2 is 2.07 bits per heavy atom. The molecular weight excluding hydrogens is 357 g/mol. The molecule has 4 heterocycles. The van der Waals surface area contributed by atoms with Gasteiger partial charge in [0.2, 0.25) is 0 Å². The van der Waals surface area contributed by atoms with E-state index in [9.17, 15) is 4.39 Å². The van der Waals surface area contributed by atoms with Crippen LogP contribution in [-0.2, 0) is 13.0 Å². The molecule has 3 aromatic heterocycles. The summed E-state index contributed by atoms with van der Waals surface area (Å²) in [5.41, 5.74) is 4.88. The first-order valence-corrected chi connectivity index (χ1v) is 8.91. The van der Waals surface area contributed by atoms with Crippen LogP contribution in [0.2, 0.25) is 0 Å². The molecule has 0 atom stereocenters. The maximum absolute atomic E-state index is 13.9. The zero-order valence-electron chi connectivity index (χ0n) is 15.6. The molecule has 0 bridgehead atoms. The predicted octanol–water partition coefficient (Wildman–Crippen LogP) is 3.20. The Labute approximate surface area is 161 Å². The van der Waals surface area contributed by atoms with Crippen molar-refractivity contribution in [3.8, 4) is 6.07 Å². The summed E-state index contributed by atoms with van der Waals surface area (Å²) in [5, 5.41) is 20.4. The lowest BCUT2D eigenvalue weighted by molar-refractivity contribution is 0.626. The molecule has 140 valence electrons. The van der Waals surface area contributed by atoms with Crippen molar-refractivity contribution in [3.05, 3.63) is 64.5 Å². The van der Waals surface area contributed by atoms with Crippen molar-refractivity contribution in [3.63, 3.8) is 0 Å². The van der Waals surface area contributed by atoms with E-state index in [1.165, 1.54) is 12.3 Å². The number of hydrogen-bond acceptors (Lipinski definition) is 7. The first-order chi connectivity index (χ1) is 13.6. The number of nitriles is 1. The third-order valence-corrected chi connectivity index (χ3v) is 4.96. The van der Waals surface area contributed by atoms with Crippen LogP contribution in [0.25, 0.3) is 0 Å². The van der Waals surface area contributed by atoms with Gasteiger partial charge >= 0.3 is 0 Å². The molecule has 1 aliphatic heterocycles. The number of aromatic nitrogens is 4. The van der Waals surface area contributed by atoms with Crippen molar-refractivity contribution in [2.24, 2.45) is 0 Å². The lowest BCUT2D eigenvalue weighted by atomic mass is 10.0. The minimum Gasteiger partial charge on any atom is -0.350 e. The highest BCUT2D eigenvalue weighted by Gasteiger charge is 2.22. The first kappa shape index (κ1) is 17.8. The lowest BCUT2D eigenvalue weighted by Gasteiger charge is -2.30. The summed E-state index contributed by atoms with van der Waals surface area (Å²) in [7, 11) is 0. The largest absolute Gasteiger partial charge is 0.350 e. The number of nitrogens with zero attached hydrogens (tertiary/aromatic N) is 6. The van der Waals surface area contributed by atoms with Crippen LogP contribution in [0.3, 0.4) is 0 Å². The van der Waals surface area contributed by atoms with E-state index in [-0.39, 0.29) is 5.82 Å². The Morgan fingerprint density at radius 1 is 1.21 bits per heavy atom. The lowest BCUT2D eigenvalue weighted by Crippen LogP contribution is -2.32. The molecule has 28 heavy (non-hydrogen) atoms. The van der Waals surface area contributed by atoms with Crippen LogP contribution in [0.1, 0.15) is 28.1 Å². The number of rotatable bonds is 3. The normalized spacial score (nSPS) is 13.0. The Kier molecular flexibility index (Phi) is 4.57. The summed E-state index contributed by atoms with van der Waals surface area (Å²) in [6, 6.07) is 6.94. The smallest absolute Gasteiger partial charge is 0.166 e. The average Bonchev–Trinajstić information content (AvgIpc) is 2.71. The number of halogens is 1. The van der Waals surface area contributed by atoms with Gasteiger partial charge in [-0.1, -0.05) is 0 Å². The molecule has 1 aliphatic rings. The summed E-state index contributed by atoms with van der Waals surface area (Å²) >= 11 is 0. The molecule has 4 rings (SSSR count). The van der Waals surface area contributed by atoms with E-state index in [1.54, 1.807) is 12.3 Å². The van der Waals surface area contributed by atoms with E-state index in [2.05, 4.69) is 36.5 Å². The molecule has 0 spiro atoms. The van der Waals surface area contributed by atoms with Crippen LogP contribution in [0.15, 0.2) is 30.6 Å². The summed E-state index contributed by atoms with van der Waals surface area (Å²) < 4.78 is 13.9. The van der Waals surface area contributed by atoms with Crippen LogP contribution in [0.4, 0.5) is 21.7 Å². The van der Waals surface area contributed by atoms with Crippen molar-refractivity contribution in [1.82, 2.24) is 20.2 Å². The average molecular weight is 375 g/mol. The van der Waals surface area contributed by atoms with Gasteiger partial charge in [0, 0.05) is 31.4 Å². The van der Waals surface area contributed by atoms with Gasteiger partial charge in [-0.15, -0.1) is 10.2 Å². The zero-order chi connectivity index (χ0) is 19.7. The molecule has 7 nitrogen and oxygen atoms in total. The number of hydrogen-bond donors (Lipinski definition) is 1. The molecule has 1 N–H and O–H groups in total. The van der Waals surface area contributed by atoms with Crippen LogP contribution >= 0.6 is 0 Å². The standard InChI is InChI=1S/C20H18FN7/c1-12-13(2)20(27-26-18(12)9-22)28-7-5-17-14(11-28)8-15(10-24-17)25-19-16(21)4-3-6-23-19/h3-4,6,8,10H,5,7,11H2,1-2H3,(H,23,25). The van der Waals surface area contributed by atoms with Crippen molar-refractivity contribution < 1.29 is 4.39 Å². The highest BCUT2D eigenvalue weighted by atomic mass is 19.1. The third-order valence-electron chi connectivity index (χ3n) is 4.96. The number of anilines is 3. The molecule has 8 heteroatoms. The maximum atomic E-state index is 13.9. The van der Waals surface area contributed by atoms with E-state index in [0.717, 1.165) is 41.2 Å². The summed E-state index contributed by atoms with van der Waals surface area (Å²) in [4.78, 5) is 10.7. The SMILES string of the molecule is Cc1c(C#N)nnc(N2CCc3ncc(Nc4ncccc4F)cc3C2)c1C. The van der Waals surface area contributed by atoms with Crippen molar-refractivity contribution in [1.29, 1.82) is 5.26 Å². The molecular formula is C20H18FN7. The van der Waals surface area contributed by atoms with Crippen molar-refractivity contribution >= 4 is 17.3 Å². The first-order valence-electron chi connectivity index (χ1n) is 8.91. The van der Waals surface area contributed by atoms with Crippen molar-refractivity contribution in [2.45, 2.75) is 26.8 Å². The topological polar surface area (TPSA) is 90.6 Å². The second-order valence-corrected chi connectivity index (χ2v) is 6.69. The fourth-order valence-electron chi connectivity index (χ4n) is 3.29. The molecule has 3 aromatic rings. The zero-order valence-corrected chi connectivity index (χ0v) is 15.6. The van der Waals surface area contributed by atoms with Gasteiger partial charge in [0.15, 0.2) is 23.1 Å². The van der Waals surface area contributed by atoms with Crippen LogP contribution in [-0.4, -0.2) is 26.7 Å². The Bertz CT molecular complexity index is 1090. The van der Waals surface area contributed by atoms with Crippen LogP contribution < -0.4 is 10.2 Å². The van der Waals surface area contributed by atoms with E-state index < -0.39 is 5.82 Å². The fourth-order valence-corrected chi connectivity index (χ4v) is 3.29. The summed E-state index contributed by atoms with van der Waals surface area (Å²) in [5.74, 6) is 0.526. The number of pyridine rings is 2. The summed E-state index contributed by atoms with van der Waals surface area (Å²) in [6.45, 7) is 5.22. The molecule has 0 aliphatic carbocycles. The minimum atomic E-state index is -0.416. The van der Waals surface area contributed by atoms with Gasteiger partial charge in [0.25, 0.3) is 0 Å². The predicted molar refractivity (Wildman–Crippen MR) is 103 cm³/mol. The Balaban J connectivity index is 1.61. The van der Waals surface area contributed by atoms with Gasteiger partial charge in [-0.2, -0.15) is 5.26 Å². The van der Waals surface area contributed by atoms with Crippen LogP contribution in [0, 0.1) is 31.0 Å². The molecule has 0 radical (unpaired) electrons. The highest BCUT2D eigenvalue weighted by Crippen LogP contribution is 2.28. The van der Waals surface area contributed by atoms with E-state index in [0.29, 0.717) is 17.9 Å². The molecule has 0 fully saturated rings. The second-order valence-electron chi connectivity index (χ2n) is 6.69. The minimum absolute atomic E-state index is 0.168. The second kappa shape index (κ2) is 7.19. The van der Waals surface area contributed by atoms with Gasteiger partial charge in [-0.3, -0.25) is 4.98 Å². The molecule has 0 saturated carbocycles. The fraction of sp³-hybridized carbons (Fsp3) is 0.250. The molecule has 0 aromatic carbocycles. The van der Waals surface area contributed by atoms with E-state index in [1.807, 2.05) is 19.9 Å². The monoisotopic (exact) mass is 375 g/mol. The molecule has 0 saturated heterocycles. The number of fused-ring (bicyclic) bond motifs is 1. The van der Waals surface area contributed by atoms with Crippen molar-refractivity contribution in [2.75, 3.05) is 16.8 Å². The number of nitrogens with one attached hydrogen (secondary N) is 1. The van der Waals surface area contributed by atoms with Gasteiger partial charge in [-0.05, 0) is 48.7 Å². The molecule has 0 amide bonds. The van der Waals surface area contributed by atoms with Gasteiger partial charge in [-0.25, -0.2) is 9.37 Å². The Hall–Kier alpha value is -3.60. The highest BCUT2D eigenvalue weighted by molar-refractivity contribution is 5.58. The maximum Gasteiger partial charge on any atom is 0.166 e. The quantitative estimate of drug-likeness (QED) is 0.752. The summed E-state index contributed by atoms with van der Waals surface area (Å²) in [6.07, 6.45) is 4.00. The van der Waals surface area contributed by atoms with Gasteiger partial charge in [0.1, 0.15) is 6.07 Å². The third kappa shape index (κ3) is 3.22. The van der Waals surface area contributed by atoms with Crippen LogP contribution in [0.5, 0.6) is 0 Å². The van der Waals surface area contributed by atoms with Gasteiger partial charge < -0.3 is 10.2 Å².